The summed E-state index contributed by atoms with van der Waals surface area (Å²) in [6.45, 7) is 6.71. The average molecular weight is 193 g/mol. The van der Waals surface area contributed by atoms with Gasteiger partial charge in [-0.3, -0.25) is 5.10 Å². The van der Waals surface area contributed by atoms with Crippen LogP contribution in [-0.2, 0) is 11.8 Å². The highest BCUT2D eigenvalue weighted by molar-refractivity contribution is 5.46. The number of rotatable bonds is 3. The number of nitrogen functional groups attached to an aromatic ring is 1. The lowest BCUT2D eigenvalue weighted by Crippen LogP contribution is -2.07. The molecule has 2 rings (SSSR count). The quantitative estimate of drug-likeness (QED) is 0.773. The van der Waals surface area contributed by atoms with Gasteiger partial charge in [0, 0.05) is 16.7 Å². The van der Waals surface area contributed by atoms with Crippen LogP contribution in [0.1, 0.15) is 44.9 Å². The molecule has 3 N–H and O–H groups in total. The first kappa shape index (κ1) is 9.56. The van der Waals surface area contributed by atoms with E-state index in [1.807, 2.05) is 0 Å². The summed E-state index contributed by atoms with van der Waals surface area (Å²) in [4.78, 5) is 0. The van der Waals surface area contributed by atoms with Crippen LogP contribution >= 0.6 is 0 Å². The standard InChI is InChI=1S/C11H19N3/c1-7(2)6-8-9(11(3)4-5-11)13-14-10(8)12/h7H,4-6H2,1-3H3,(H3,12,13,14). The summed E-state index contributed by atoms with van der Waals surface area (Å²) < 4.78 is 0. The van der Waals surface area contributed by atoms with Crippen LogP contribution in [0, 0.1) is 5.92 Å². The van der Waals surface area contributed by atoms with E-state index in [2.05, 4.69) is 31.0 Å². The summed E-state index contributed by atoms with van der Waals surface area (Å²) in [7, 11) is 0. The molecule has 3 nitrogen and oxygen atoms in total. The Morgan fingerprint density at radius 3 is 2.64 bits per heavy atom. The third-order valence-corrected chi connectivity index (χ3v) is 3.12. The monoisotopic (exact) mass is 193 g/mol. The minimum Gasteiger partial charge on any atom is -0.382 e. The Morgan fingerprint density at radius 2 is 2.14 bits per heavy atom. The van der Waals surface area contributed by atoms with Gasteiger partial charge in [0.05, 0.1) is 0 Å². The van der Waals surface area contributed by atoms with Gasteiger partial charge in [-0.2, -0.15) is 5.10 Å². The van der Waals surface area contributed by atoms with Gasteiger partial charge in [-0.15, -0.1) is 0 Å². The molecule has 14 heavy (non-hydrogen) atoms. The van der Waals surface area contributed by atoms with Gasteiger partial charge in [-0.25, -0.2) is 0 Å². The molecule has 0 bridgehead atoms. The van der Waals surface area contributed by atoms with E-state index in [9.17, 15) is 0 Å². The number of nitrogens with two attached hydrogens (primary N) is 1. The van der Waals surface area contributed by atoms with Gasteiger partial charge in [-0.1, -0.05) is 20.8 Å². The minimum atomic E-state index is 0.342. The summed E-state index contributed by atoms with van der Waals surface area (Å²) in [5.74, 6) is 1.33. The van der Waals surface area contributed by atoms with E-state index < -0.39 is 0 Å². The normalized spacial score (nSPS) is 18.9. The Morgan fingerprint density at radius 1 is 1.50 bits per heavy atom. The lowest BCUT2D eigenvalue weighted by Gasteiger charge is -2.11. The van der Waals surface area contributed by atoms with Crippen molar-refractivity contribution in [2.45, 2.75) is 45.4 Å². The van der Waals surface area contributed by atoms with Crippen molar-refractivity contribution in [2.24, 2.45) is 5.92 Å². The van der Waals surface area contributed by atoms with E-state index in [0.717, 1.165) is 6.42 Å². The highest BCUT2D eigenvalue weighted by Gasteiger charge is 2.42. The molecule has 0 unspecified atom stereocenters. The zero-order chi connectivity index (χ0) is 10.3. The second-order valence-corrected chi connectivity index (χ2v) is 5.12. The van der Waals surface area contributed by atoms with Gasteiger partial charge in [0.2, 0.25) is 0 Å². The van der Waals surface area contributed by atoms with Crippen LogP contribution < -0.4 is 5.73 Å². The van der Waals surface area contributed by atoms with Gasteiger partial charge in [0.25, 0.3) is 0 Å². The van der Waals surface area contributed by atoms with Gasteiger partial charge in [0.1, 0.15) is 5.82 Å². The van der Waals surface area contributed by atoms with Gasteiger partial charge >= 0.3 is 0 Å². The highest BCUT2D eigenvalue weighted by Crippen LogP contribution is 2.48. The third-order valence-electron chi connectivity index (χ3n) is 3.12. The predicted octanol–water partition coefficient (Wildman–Crippen LogP) is 2.24. The summed E-state index contributed by atoms with van der Waals surface area (Å²) >= 11 is 0. The van der Waals surface area contributed by atoms with E-state index in [4.69, 9.17) is 5.73 Å². The fourth-order valence-corrected chi connectivity index (χ4v) is 1.93. The lowest BCUT2D eigenvalue weighted by atomic mass is 9.95. The maximum absolute atomic E-state index is 5.87. The van der Waals surface area contributed by atoms with E-state index in [0.29, 0.717) is 17.2 Å². The van der Waals surface area contributed by atoms with E-state index in [-0.39, 0.29) is 0 Å². The van der Waals surface area contributed by atoms with Crippen molar-refractivity contribution in [3.05, 3.63) is 11.3 Å². The molecule has 0 radical (unpaired) electrons. The Hall–Kier alpha value is -0.990. The van der Waals surface area contributed by atoms with Crippen molar-refractivity contribution < 1.29 is 0 Å². The predicted molar refractivity (Wildman–Crippen MR) is 58.1 cm³/mol. The van der Waals surface area contributed by atoms with Crippen LogP contribution in [0.15, 0.2) is 0 Å². The van der Waals surface area contributed by atoms with Crippen molar-refractivity contribution in [3.63, 3.8) is 0 Å². The molecule has 1 fully saturated rings. The molecule has 1 heterocycles. The molecule has 0 spiro atoms. The SMILES string of the molecule is CC(C)Cc1c(N)n[nH]c1C1(C)CC1. The van der Waals surface area contributed by atoms with Crippen molar-refractivity contribution in [3.8, 4) is 0 Å². The van der Waals surface area contributed by atoms with Crippen LogP contribution in [0.25, 0.3) is 0 Å². The number of hydrogen-bond acceptors (Lipinski definition) is 2. The zero-order valence-electron chi connectivity index (χ0n) is 9.22. The van der Waals surface area contributed by atoms with Crippen LogP contribution in [0.3, 0.4) is 0 Å². The Labute approximate surface area is 85.1 Å². The molecule has 0 saturated heterocycles. The summed E-state index contributed by atoms with van der Waals surface area (Å²) in [5, 5.41) is 7.24. The second kappa shape index (κ2) is 3.01. The molecular weight excluding hydrogens is 174 g/mol. The maximum Gasteiger partial charge on any atom is 0.148 e. The third kappa shape index (κ3) is 1.51. The average Bonchev–Trinajstić information content (AvgIpc) is 2.72. The van der Waals surface area contributed by atoms with Gasteiger partial charge in [-0.05, 0) is 25.2 Å². The number of anilines is 1. The van der Waals surface area contributed by atoms with E-state index in [1.165, 1.54) is 24.1 Å². The molecule has 0 atom stereocenters. The molecule has 1 aromatic heterocycles. The van der Waals surface area contributed by atoms with E-state index in [1.54, 1.807) is 0 Å². The minimum absolute atomic E-state index is 0.342. The highest BCUT2D eigenvalue weighted by atomic mass is 15.2. The molecule has 0 amide bonds. The molecule has 78 valence electrons. The molecule has 1 saturated carbocycles. The molecule has 3 heteroatoms. The molecule has 1 aliphatic carbocycles. The molecular formula is C11H19N3. The fourth-order valence-electron chi connectivity index (χ4n) is 1.93. The first-order valence-corrected chi connectivity index (χ1v) is 5.36. The maximum atomic E-state index is 5.87. The van der Waals surface area contributed by atoms with Crippen LogP contribution in [0.5, 0.6) is 0 Å². The fraction of sp³-hybridized carbons (Fsp3) is 0.727. The molecule has 1 aromatic rings. The van der Waals surface area contributed by atoms with Crippen molar-refractivity contribution in [1.82, 2.24) is 10.2 Å². The Bertz CT molecular complexity index is 334. The number of hydrogen-bond donors (Lipinski definition) is 2. The molecule has 0 aromatic carbocycles. The lowest BCUT2D eigenvalue weighted by molar-refractivity contribution is 0.631. The Balaban J connectivity index is 2.31. The van der Waals surface area contributed by atoms with E-state index >= 15 is 0 Å². The number of nitrogens with one attached hydrogen (secondary N) is 1. The topological polar surface area (TPSA) is 54.7 Å². The largest absolute Gasteiger partial charge is 0.382 e. The first-order valence-electron chi connectivity index (χ1n) is 5.36. The summed E-state index contributed by atoms with van der Waals surface area (Å²) in [5.41, 5.74) is 8.75. The number of aromatic amines is 1. The smallest absolute Gasteiger partial charge is 0.148 e. The van der Waals surface area contributed by atoms with Crippen molar-refractivity contribution in [1.29, 1.82) is 0 Å². The number of nitrogens with zero attached hydrogens (tertiary/aromatic N) is 1. The van der Waals surface area contributed by atoms with Crippen LogP contribution in [-0.4, -0.2) is 10.2 Å². The zero-order valence-corrected chi connectivity index (χ0v) is 9.22. The Kier molecular flexibility index (Phi) is 2.05. The first-order chi connectivity index (χ1) is 6.53. The van der Waals surface area contributed by atoms with Crippen LogP contribution in [0.4, 0.5) is 5.82 Å². The van der Waals surface area contributed by atoms with Gasteiger partial charge in [0.15, 0.2) is 0 Å². The van der Waals surface area contributed by atoms with Gasteiger partial charge < -0.3 is 5.73 Å². The summed E-state index contributed by atoms with van der Waals surface area (Å²) in [6, 6.07) is 0. The number of H-pyrrole nitrogens is 1. The van der Waals surface area contributed by atoms with Crippen LogP contribution in [0.2, 0.25) is 0 Å². The second-order valence-electron chi connectivity index (χ2n) is 5.12. The molecule has 1 aliphatic rings. The molecule has 0 aliphatic heterocycles. The summed E-state index contributed by atoms with van der Waals surface area (Å²) in [6.07, 6.45) is 3.56. The van der Waals surface area contributed by atoms with Crippen molar-refractivity contribution in [2.75, 3.05) is 5.73 Å². The number of aromatic nitrogens is 2. The van der Waals surface area contributed by atoms with Crippen molar-refractivity contribution >= 4 is 5.82 Å².